The van der Waals surface area contributed by atoms with Crippen LogP contribution >= 0.6 is 23.3 Å². The number of anilines is 1. The van der Waals surface area contributed by atoms with Crippen LogP contribution in [0.2, 0.25) is 0 Å². The zero-order chi connectivity index (χ0) is 40.9. The number of benzene rings is 1. The summed E-state index contributed by atoms with van der Waals surface area (Å²) in [5, 5.41) is 8.55. The number of β-lactam (4-membered cyclic amide) rings is 1. The van der Waals surface area contributed by atoms with Crippen LogP contribution in [0, 0.1) is 0 Å². The third-order valence-corrected chi connectivity index (χ3v) is 10.6. The van der Waals surface area contributed by atoms with Gasteiger partial charge in [0.05, 0.1) is 20.2 Å². The maximum atomic E-state index is 14.0. The first-order valence-electron chi connectivity index (χ1n) is 18.2. The predicted octanol–water partition coefficient (Wildman–Crippen LogP) is 3.11. The van der Waals surface area contributed by atoms with E-state index in [-0.39, 0.29) is 48.2 Å². The molecule has 0 spiro atoms. The van der Waals surface area contributed by atoms with Crippen LogP contribution in [-0.4, -0.2) is 95.9 Å². The SMILES string of the molecule is CCO/N=C(\C(=O)NC1C(=O)N2C(C(=O)OCc3ccc(OC)cc3)=C(C[n+]3cn(CC[C@@H](C)N)c4cccnc43)CSC12)c1nsc(NC(=O)OC(C)(C)C)n1. The summed E-state index contributed by atoms with van der Waals surface area (Å²) in [5.41, 5.74) is 8.08. The van der Waals surface area contributed by atoms with E-state index in [9.17, 15) is 19.2 Å². The molecule has 3 amide bonds. The first-order chi connectivity index (χ1) is 27.3. The first-order valence-corrected chi connectivity index (χ1v) is 20.0. The quantitative estimate of drug-likeness (QED) is 0.0517. The number of thioether (sulfide) groups is 1. The molecular formula is C37H45N10O8S2+. The van der Waals surface area contributed by atoms with E-state index in [0.29, 0.717) is 29.3 Å². The Balaban J connectivity index is 1.25. The Morgan fingerprint density at radius 3 is 2.65 bits per heavy atom. The van der Waals surface area contributed by atoms with Gasteiger partial charge >= 0.3 is 17.7 Å². The van der Waals surface area contributed by atoms with E-state index in [1.54, 1.807) is 65.3 Å². The van der Waals surface area contributed by atoms with E-state index in [0.717, 1.165) is 29.0 Å². The van der Waals surface area contributed by atoms with Crippen molar-refractivity contribution in [3.8, 4) is 5.75 Å². The molecule has 1 fully saturated rings. The van der Waals surface area contributed by atoms with E-state index in [1.165, 1.54) is 16.7 Å². The van der Waals surface area contributed by atoms with E-state index in [4.69, 9.17) is 24.8 Å². The number of imidazole rings is 1. The van der Waals surface area contributed by atoms with Gasteiger partial charge in [-0.25, -0.2) is 14.2 Å². The van der Waals surface area contributed by atoms with Gasteiger partial charge < -0.3 is 30.1 Å². The number of nitrogens with two attached hydrogens (primary N) is 1. The molecule has 2 unspecified atom stereocenters. The van der Waals surface area contributed by atoms with Crippen molar-refractivity contribution in [1.29, 1.82) is 0 Å². The fourth-order valence-electron chi connectivity index (χ4n) is 5.98. The molecule has 0 aliphatic carbocycles. The van der Waals surface area contributed by atoms with E-state index < -0.39 is 40.9 Å². The molecule has 1 saturated heterocycles. The van der Waals surface area contributed by atoms with Gasteiger partial charge in [0.1, 0.15) is 47.9 Å². The summed E-state index contributed by atoms with van der Waals surface area (Å²) in [6.45, 7) is 9.78. The maximum absolute atomic E-state index is 14.0. The minimum absolute atomic E-state index is 0.00201. The molecule has 0 bridgehead atoms. The average Bonchev–Trinajstić information content (AvgIpc) is 3.78. The molecule has 302 valence electrons. The van der Waals surface area contributed by atoms with Gasteiger partial charge in [-0.15, -0.1) is 16.7 Å². The second-order valence-corrected chi connectivity index (χ2v) is 16.1. The lowest BCUT2D eigenvalue weighted by Gasteiger charge is -2.49. The van der Waals surface area contributed by atoms with Gasteiger partial charge in [-0.3, -0.25) is 24.4 Å². The fraction of sp³-hybridized carbons (Fsp3) is 0.432. The molecular weight excluding hydrogens is 777 g/mol. The van der Waals surface area contributed by atoms with Gasteiger partial charge in [0, 0.05) is 28.9 Å². The monoisotopic (exact) mass is 821 g/mol. The predicted molar refractivity (Wildman–Crippen MR) is 211 cm³/mol. The summed E-state index contributed by atoms with van der Waals surface area (Å²) in [6, 6.07) is 9.90. The second kappa shape index (κ2) is 17.7. The van der Waals surface area contributed by atoms with E-state index >= 15 is 0 Å². The van der Waals surface area contributed by atoms with Gasteiger partial charge in [-0.1, -0.05) is 17.3 Å². The number of nitrogens with zero attached hydrogens (tertiary/aromatic N) is 7. The number of fused-ring (bicyclic) bond motifs is 2. The molecule has 3 aromatic heterocycles. The number of nitrogens with one attached hydrogen (secondary N) is 2. The lowest BCUT2D eigenvalue weighted by molar-refractivity contribution is -0.665. The number of oxime groups is 1. The van der Waals surface area contributed by atoms with Crippen molar-refractivity contribution in [1.82, 2.24) is 29.1 Å². The van der Waals surface area contributed by atoms with E-state index in [2.05, 4.69) is 34.7 Å². The Bertz CT molecular complexity index is 2200. The summed E-state index contributed by atoms with van der Waals surface area (Å²) in [6.07, 6.45) is 3.63. The van der Waals surface area contributed by atoms with Crippen LogP contribution in [0.25, 0.3) is 11.2 Å². The number of ether oxygens (including phenoxy) is 3. The number of pyridine rings is 1. The minimum atomic E-state index is -1.03. The average molecular weight is 822 g/mol. The first kappa shape index (κ1) is 41.0. The number of esters is 1. The molecule has 6 rings (SSSR count). The lowest BCUT2D eigenvalue weighted by Crippen LogP contribution is -2.71. The molecule has 4 N–H and O–H groups in total. The van der Waals surface area contributed by atoms with Crippen LogP contribution in [0.5, 0.6) is 5.75 Å². The maximum Gasteiger partial charge on any atom is 0.414 e. The van der Waals surface area contributed by atoms with Crippen LogP contribution in [0.3, 0.4) is 0 Å². The van der Waals surface area contributed by atoms with Crippen LogP contribution in [0.1, 0.15) is 52.4 Å². The number of amides is 3. The topological polar surface area (TPSA) is 218 Å². The Morgan fingerprint density at radius 1 is 1.18 bits per heavy atom. The van der Waals surface area contributed by atoms with Crippen LogP contribution in [0.4, 0.5) is 9.93 Å². The summed E-state index contributed by atoms with van der Waals surface area (Å²) in [4.78, 5) is 69.5. The van der Waals surface area contributed by atoms with E-state index in [1.807, 2.05) is 30.0 Å². The van der Waals surface area contributed by atoms with Crippen molar-refractivity contribution in [3.05, 3.63) is 71.6 Å². The van der Waals surface area contributed by atoms with Gasteiger partial charge in [0.25, 0.3) is 11.8 Å². The summed E-state index contributed by atoms with van der Waals surface area (Å²) in [5.74, 6) is -1.13. The Hall–Kier alpha value is -5.60. The smallest absolute Gasteiger partial charge is 0.414 e. The van der Waals surface area contributed by atoms with Gasteiger partial charge in [-0.2, -0.15) is 9.36 Å². The number of aryl methyl sites for hydroxylation is 1. The molecule has 2 aliphatic rings. The number of hydrogen-bond acceptors (Lipinski definition) is 15. The number of aromatic nitrogens is 5. The zero-order valence-corrected chi connectivity index (χ0v) is 34.0. The molecule has 3 atom stereocenters. The molecule has 2 aliphatic heterocycles. The summed E-state index contributed by atoms with van der Waals surface area (Å²) in [7, 11) is 1.56. The third-order valence-electron chi connectivity index (χ3n) is 8.61. The van der Waals surface area contributed by atoms with Crippen molar-refractivity contribution in [2.75, 3.05) is 24.8 Å². The zero-order valence-electron chi connectivity index (χ0n) is 32.4. The summed E-state index contributed by atoms with van der Waals surface area (Å²) >= 11 is 2.20. The fourth-order valence-corrected chi connectivity index (χ4v) is 7.87. The standard InChI is InChI=1S/C37H44N10O8S2/c1-7-54-43-26(29-41-35(57-44-29)42-36(51)55-37(3,4)5)31(48)40-27-32(49)47-28(34(50)53-18-22-10-12-24(52-6)13-11-22)23(19-56-33(27)47)17-46-20-45(16-14-21(2)38)25-9-8-15-39-30(25)46/h8-13,15,20-21,27,33H,7,14,16-19,38H2,1-6H3,(H-,40,41,42,44,48,51)/p+1/b43-26-/t21-,27?,33?/m1/s1. The Kier molecular flexibility index (Phi) is 12.7. The highest BCUT2D eigenvalue weighted by Gasteiger charge is 2.55. The number of rotatable bonds is 15. The van der Waals surface area contributed by atoms with Gasteiger partial charge in [0.2, 0.25) is 16.7 Å². The van der Waals surface area contributed by atoms with Gasteiger partial charge in [-0.05, 0) is 70.9 Å². The molecule has 57 heavy (non-hydrogen) atoms. The Labute approximate surface area is 336 Å². The van der Waals surface area contributed by atoms with Crippen LogP contribution in [0.15, 0.2) is 65.3 Å². The van der Waals surface area contributed by atoms with Crippen molar-refractivity contribution in [2.24, 2.45) is 10.9 Å². The molecule has 4 aromatic rings. The molecule has 0 radical (unpaired) electrons. The normalized spacial score (nSPS) is 17.4. The van der Waals surface area contributed by atoms with Crippen LogP contribution < -0.4 is 25.7 Å². The minimum Gasteiger partial charge on any atom is -0.497 e. The lowest BCUT2D eigenvalue weighted by atomic mass is 10.0. The number of carbonyl (C=O) groups excluding carboxylic acids is 4. The van der Waals surface area contributed by atoms with Crippen LogP contribution in [-0.2, 0) is 48.4 Å². The number of methoxy groups -OCH3 is 1. The highest BCUT2D eigenvalue weighted by Crippen LogP contribution is 2.41. The third kappa shape index (κ3) is 9.69. The summed E-state index contributed by atoms with van der Waals surface area (Å²) < 4.78 is 24.5. The van der Waals surface area contributed by atoms with Crippen molar-refractivity contribution < 1.29 is 42.8 Å². The highest BCUT2D eigenvalue weighted by atomic mass is 32.2. The van der Waals surface area contributed by atoms with Crippen molar-refractivity contribution >= 4 is 69.2 Å². The van der Waals surface area contributed by atoms with Crippen molar-refractivity contribution in [2.45, 2.75) is 83.8 Å². The largest absolute Gasteiger partial charge is 0.497 e. The molecule has 0 saturated carbocycles. The van der Waals surface area contributed by atoms with Crippen molar-refractivity contribution in [3.63, 3.8) is 0 Å². The molecule has 5 heterocycles. The number of carbonyl (C=O) groups is 4. The van der Waals surface area contributed by atoms with Gasteiger partial charge in [0.15, 0.2) is 11.8 Å². The molecule has 20 heteroatoms. The number of hydrogen-bond donors (Lipinski definition) is 3. The Morgan fingerprint density at radius 2 is 1.95 bits per heavy atom. The second-order valence-electron chi connectivity index (χ2n) is 14.2. The molecule has 18 nitrogen and oxygen atoms in total. The molecule has 1 aromatic carbocycles. The highest BCUT2D eigenvalue weighted by molar-refractivity contribution is 8.00.